The van der Waals surface area contributed by atoms with E-state index in [1.54, 1.807) is 12.4 Å². The molecule has 3 rings (SSSR count). The van der Waals surface area contributed by atoms with Gasteiger partial charge in [-0.2, -0.15) is 0 Å². The summed E-state index contributed by atoms with van der Waals surface area (Å²) in [5.74, 6) is 0.809. The van der Waals surface area contributed by atoms with Crippen LogP contribution < -0.4 is 11.1 Å². The number of carbonyl (C=O) groups is 1. The second kappa shape index (κ2) is 8.40. The average molecular weight is 349 g/mol. The number of carbonyl (C=O) groups excluding carboxylic acids is 1. The van der Waals surface area contributed by atoms with E-state index in [0.29, 0.717) is 18.8 Å². The van der Waals surface area contributed by atoms with E-state index >= 15 is 0 Å². The summed E-state index contributed by atoms with van der Waals surface area (Å²) in [6.07, 6.45) is 6.19. The van der Waals surface area contributed by atoms with Crippen molar-refractivity contribution in [3.8, 4) is 11.1 Å². The molecule has 0 atom stereocenters. The molecule has 0 saturated carbocycles. The first-order valence-electron chi connectivity index (χ1n) is 8.69. The predicted octanol–water partition coefficient (Wildman–Crippen LogP) is 2.53. The lowest BCUT2D eigenvalue weighted by atomic mass is 10.0. The van der Waals surface area contributed by atoms with Crippen LogP contribution in [-0.4, -0.2) is 27.0 Å². The first-order valence-corrected chi connectivity index (χ1v) is 8.69. The number of nitrogens with one attached hydrogen (secondary N) is 1. The maximum absolute atomic E-state index is 12.6. The highest BCUT2D eigenvalue weighted by Crippen LogP contribution is 2.23. The van der Waals surface area contributed by atoms with Crippen molar-refractivity contribution in [1.29, 1.82) is 0 Å². The molecule has 0 aliphatic rings. The monoisotopic (exact) mass is 349 g/mol. The van der Waals surface area contributed by atoms with E-state index in [-0.39, 0.29) is 5.91 Å². The molecule has 6 nitrogen and oxygen atoms in total. The molecule has 2 aromatic heterocycles. The molecule has 3 aromatic rings. The normalized spacial score (nSPS) is 10.7. The van der Waals surface area contributed by atoms with Gasteiger partial charge in [0.05, 0.1) is 0 Å². The predicted molar refractivity (Wildman–Crippen MR) is 101 cm³/mol. The summed E-state index contributed by atoms with van der Waals surface area (Å²) in [5, 5.41) is 2.96. The Hall–Kier alpha value is -2.99. The standard InChI is InChI=1S/C20H23N5O/c1-15-22-10-12-25(15)11-4-9-24-20(26)19-18(7-3-8-23-19)17-6-2-5-16(13-17)14-21/h2-3,5-8,10,12-13H,4,9,11,14,21H2,1H3,(H,24,26). The zero-order chi connectivity index (χ0) is 18.4. The maximum Gasteiger partial charge on any atom is 0.270 e. The number of nitrogens with two attached hydrogens (primary N) is 1. The van der Waals surface area contributed by atoms with E-state index in [0.717, 1.165) is 35.5 Å². The van der Waals surface area contributed by atoms with E-state index in [2.05, 4.69) is 19.9 Å². The number of pyridine rings is 1. The Morgan fingerprint density at radius 2 is 2.08 bits per heavy atom. The molecule has 2 heterocycles. The maximum atomic E-state index is 12.6. The minimum Gasteiger partial charge on any atom is -0.351 e. The van der Waals surface area contributed by atoms with Gasteiger partial charge in [-0.15, -0.1) is 0 Å². The number of nitrogens with zero attached hydrogens (tertiary/aromatic N) is 3. The molecule has 26 heavy (non-hydrogen) atoms. The molecule has 0 saturated heterocycles. The lowest BCUT2D eigenvalue weighted by Gasteiger charge is -2.11. The molecule has 1 aromatic carbocycles. The summed E-state index contributed by atoms with van der Waals surface area (Å²) in [5.41, 5.74) is 8.93. The molecule has 0 radical (unpaired) electrons. The highest BCUT2D eigenvalue weighted by atomic mass is 16.1. The Morgan fingerprint density at radius 1 is 1.19 bits per heavy atom. The molecule has 0 spiro atoms. The molecule has 0 aliphatic heterocycles. The number of amides is 1. The van der Waals surface area contributed by atoms with Crippen LogP contribution in [0.15, 0.2) is 55.0 Å². The first-order chi connectivity index (χ1) is 12.7. The van der Waals surface area contributed by atoms with Crippen LogP contribution in [0.3, 0.4) is 0 Å². The fourth-order valence-corrected chi connectivity index (χ4v) is 2.86. The van der Waals surface area contributed by atoms with Crippen molar-refractivity contribution in [2.75, 3.05) is 6.54 Å². The van der Waals surface area contributed by atoms with Crippen molar-refractivity contribution in [3.63, 3.8) is 0 Å². The summed E-state index contributed by atoms with van der Waals surface area (Å²) >= 11 is 0. The van der Waals surface area contributed by atoms with Crippen LogP contribution in [0, 0.1) is 6.92 Å². The Bertz CT molecular complexity index is 887. The second-order valence-electron chi connectivity index (χ2n) is 6.08. The summed E-state index contributed by atoms with van der Waals surface area (Å²) in [6.45, 7) is 3.83. The van der Waals surface area contributed by atoms with E-state index in [4.69, 9.17) is 5.73 Å². The van der Waals surface area contributed by atoms with Gasteiger partial charge in [0, 0.05) is 43.8 Å². The average Bonchev–Trinajstić information content (AvgIpc) is 3.10. The lowest BCUT2D eigenvalue weighted by molar-refractivity contribution is 0.0948. The summed E-state index contributed by atoms with van der Waals surface area (Å²) in [7, 11) is 0. The Morgan fingerprint density at radius 3 is 2.85 bits per heavy atom. The number of hydrogen-bond acceptors (Lipinski definition) is 4. The van der Waals surface area contributed by atoms with Crippen molar-refractivity contribution < 1.29 is 4.79 Å². The molecule has 134 valence electrons. The highest BCUT2D eigenvalue weighted by molar-refractivity contribution is 5.98. The zero-order valence-electron chi connectivity index (χ0n) is 14.9. The van der Waals surface area contributed by atoms with Crippen LogP contribution in [0.2, 0.25) is 0 Å². The first kappa shape index (κ1) is 17.8. The summed E-state index contributed by atoms with van der Waals surface area (Å²) in [4.78, 5) is 21.1. The number of aryl methyl sites for hydroxylation is 2. The largest absolute Gasteiger partial charge is 0.351 e. The number of rotatable bonds is 7. The van der Waals surface area contributed by atoms with Gasteiger partial charge in [-0.1, -0.05) is 24.3 Å². The third kappa shape index (κ3) is 4.15. The fourth-order valence-electron chi connectivity index (χ4n) is 2.86. The van der Waals surface area contributed by atoms with E-state index in [1.807, 2.05) is 49.5 Å². The highest BCUT2D eigenvalue weighted by Gasteiger charge is 2.14. The topological polar surface area (TPSA) is 85.8 Å². The summed E-state index contributed by atoms with van der Waals surface area (Å²) < 4.78 is 2.07. The van der Waals surface area contributed by atoms with Gasteiger partial charge in [-0.3, -0.25) is 9.78 Å². The van der Waals surface area contributed by atoms with E-state index < -0.39 is 0 Å². The van der Waals surface area contributed by atoms with Crippen LogP contribution >= 0.6 is 0 Å². The third-order valence-corrected chi connectivity index (χ3v) is 4.28. The van der Waals surface area contributed by atoms with Crippen molar-refractivity contribution >= 4 is 5.91 Å². The molecular weight excluding hydrogens is 326 g/mol. The molecule has 0 fully saturated rings. The Balaban J connectivity index is 1.67. The molecule has 0 unspecified atom stereocenters. The molecule has 1 amide bonds. The SMILES string of the molecule is Cc1nccn1CCCNC(=O)c1ncccc1-c1cccc(CN)c1. The smallest absolute Gasteiger partial charge is 0.270 e. The van der Waals surface area contributed by atoms with Gasteiger partial charge in [0.1, 0.15) is 11.5 Å². The minimum atomic E-state index is -0.166. The van der Waals surface area contributed by atoms with Gasteiger partial charge >= 0.3 is 0 Å². The number of hydrogen-bond donors (Lipinski definition) is 2. The van der Waals surface area contributed by atoms with Crippen LogP contribution in [0.4, 0.5) is 0 Å². The summed E-state index contributed by atoms with van der Waals surface area (Å²) in [6, 6.07) is 11.6. The van der Waals surface area contributed by atoms with Gasteiger partial charge < -0.3 is 15.6 Å². The van der Waals surface area contributed by atoms with Gasteiger partial charge in [-0.25, -0.2) is 4.98 Å². The van der Waals surface area contributed by atoms with Crippen molar-refractivity contribution in [3.05, 3.63) is 72.1 Å². The fraction of sp³-hybridized carbons (Fsp3) is 0.250. The molecule has 0 bridgehead atoms. The second-order valence-corrected chi connectivity index (χ2v) is 6.08. The van der Waals surface area contributed by atoms with E-state index in [1.165, 1.54) is 0 Å². The third-order valence-electron chi connectivity index (χ3n) is 4.28. The number of benzene rings is 1. The number of imidazole rings is 1. The lowest BCUT2D eigenvalue weighted by Crippen LogP contribution is -2.26. The Labute approximate surface area is 153 Å². The Kier molecular flexibility index (Phi) is 5.76. The van der Waals surface area contributed by atoms with Crippen molar-refractivity contribution in [2.45, 2.75) is 26.4 Å². The van der Waals surface area contributed by atoms with Crippen molar-refractivity contribution in [2.24, 2.45) is 5.73 Å². The van der Waals surface area contributed by atoms with Crippen molar-refractivity contribution in [1.82, 2.24) is 19.9 Å². The van der Waals surface area contributed by atoms with Crippen LogP contribution in [0.5, 0.6) is 0 Å². The van der Waals surface area contributed by atoms with E-state index in [9.17, 15) is 4.79 Å². The van der Waals surface area contributed by atoms with Crippen LogP contribution in [0.1, 0.15) is 28.3 Å². The number of aromatic nitrogens is 3. The minimum absolute atomic E-state index is 0.166. The van der Waals surface area contributed by atoms with Gasteiger partial charge in [0.15, 0.2) is 0 Å². The molecule has 3 N–H and O–H groups in total. The van der Waals surface area contributed by atoms with Gasteiger partial charge in [0.25, 0.3) is 5.91 Å². The van der Waals surface area contributed by atoms with Gasteiger partial charge in [0.2, 0.25) is 0 Å². The van der Waals surface area contributed by atoms with Crippen LogP contribution in [-0.2, 0) is 13.1 Å². The zero-order valence-corrected chi connectivity index (χ0v) is 14.9. The molecule has 6 heteroatoms. The quantitative estimate of drug-likeness (QED) is 0.642. The van der Waals surface area contributed by atoms with Gasteiger partial charge in [-0.05, 0) is 36.6 Å². The molecule has 0 aliphatic carbocycles. The molecular formula is C20H23N5O. The van der Waals surface area contributed by atoms with Crippen LogP contribution in [0.25, 0.3) is 11.1 Å².